The molecular formula is C23H40O2Sn. The zero-order valence-electron chi connectivity index (χ0n) is 17.3. The van der Waals surface area contributed by atoms with Crippen molar-refractivity contribution < 1.29 is 9.84 Å². The molecule has 1 aromatic carbocycles. The Balaban J connectivity index is 2.53. The average Bonchev–Trinajstić information content (AvgIpc) is 2.69. The summed E-state index contributed by atoms with van der Waals surface area (Å²) in [5, 5.41) is 10.2. The normalized spacial score (nSPS) is 13.4. The third kappa shape index (κ3) is 9.57. The van der Waals surface area contributed by atoms with Gasteiger partial charge in [0.2, 0.25) is 0 Å². The van der Waals surface area contributed by atoms with Gasteiger partial charge in [0, 0.05) is 0 Å². The zero-order chi connectivity index (χ0) is 19.1. The fourth-order valence-corrected chi connectivity index (χ4v) is 17.9. The maximum atomic E-state index is 10.2. The quantitative estimate of drug-likeness (QED) is 0.177. The van der Waals surface area contributed by atoms with E-state index in [9.17, 15) is 5.11 Å². The molecule has 148 valence electrons. The molecule has 0 saturated carbocycles. The molecule has 0 saturated heterocycles. The van der Waals surface area contributed by atoms with Crippen LogP contribution in [0.3, 0.4) is 0 Å². The van der Waals surface area contributed by atoms with Crippen LogP contribution in [0.4, 0.5) is 0 Å². The molecule has 3 heteroatoms. The number of ether oxygens (including phenoxy) is 1. The van der Waals surface area contributed by atoms with Gasteiger partial charge in [-0.1, -0.05) is 0 Å². The summed E-state index contributed by atoms with van der Waals surface area (Å²) in [5.41, 5.74) is 0.936. The molecule has 0 bridgehead atoms. The van der Waals surface area contributed by atoms with Crippen molar-refractivity contribution in [1.29, 1.82) is 0 Å². The van der Waals surface area contributed by atoms with Gasteiger partial charge >= 0.3 is 166 Å². The zero-order valence-corrected chi connectivity index (χ0v) is 20.1. The van der Waals surface area contributed by atoms with Crippen LogP contribution >= 0.6 is 0 Å². The molecule has 2 nitrogen and oxygen atoms in total. The molecule has 1 unspecified atom stereocenters. The number of aliphatic hydroxyl groups excluding tert-OH is 1. The first-order valence-corrected chi connectivity index (χ1v) is 18.7. The van der Waals surface area contributed by atoms with E-state index in [4.69, 9.17) is 4.74 Å². The molecule has 0 heterocycles. The molecule has 0 spiro atoms. The SMILES string of the molecule is CCC[CH2][Sn]([CH2]CCC)([CH2]CCC)[CH2]OC/C=C/C(O)c1ccccc1. The van der Waals surface area contributed by atoms with Crippen LogP contribution in [0.2, 0.25) is 13.3 Å². The first kappa shape index (κ1) is 23.7. The van der Waals surface area contributed by atoms with Crippen LogP contribution in [0.25, 0.3) is 0 Å². The van der Waals surface area contributed by atoms with Crippen molar-refractivity contribution in [2.24, 2.45) is 0 Å². The van der Waals surface area contributed by atoms with Crippen molar-refractivity contribution in [3.63, 3.8) is 0 Å². The summed E-state index contributed by atoms with van der Waals surface area (Å²) in [6, 6.07) is 9.80. The van der Waals surface area contributed by atoms with Crippen molar-refractivity contribution in [2.45, 2.75) is 78.7 Å². The van der Waals surface area contributed by atoms with E-state index in [1.165, 1.54) is 51.8 Å². The number of unbranched alkanes of at least 4 members (excludes halogenated alkanes) is 3. The number of hydrogen-bond donors (Lipinski definition) is 1. The van der Waals surface area contributed by atoms with Crippen LogP contribution < -0.4 is 0 Å². The summed E-state index contributed by atoms with van der Waals surface area (Å²) in [5.74, 6) is 0. The minimum atomic E-state index is -2.17. The summed E-state index contributed by atoms with van der Waals surface area (Å²) in [6.07, 6.45) is 11.4. The summed E-state index contributed by atoms with van der Waals surface area (Å²) in [4.78, 5) is 0. The molecule has 1 rings (SSSR count). The second kappa shape index (κ2) is 14.7. The molecule has 0 aliphatic carbocycles. The van der Waals surface area contributed by atoms with Gasteiger partial charge in [-0.2, -0.15) is 0 Å². The molecule has 0 aliphatic heterocycles. The fraction of sp³-hybridized carbons (Fsp3) is 0.652. The van der Waals surface area contributed by atoms with Gasteiger partial charge in [0.1, 0.15) is 0 Å². The van der Waals surface area contributed by atoms with E-state index in [0.717, 1.165) is 10.2 Å². The minimum absolute atomic E-state index is 0.534. The Morgan fingerprint density at radius 3 is 1.96 bits per heavy atom. The van der Waals surface area contributed by atoms with E-state index in [1.807, 2.05) is 42.5 Å². The number of benzene rings is 1. The van der Waals surface area contributed by atoms with E-state index in [1.54, 1.807) is 0 Å². The Kier molecular flexibility index (Phi) is 13.4. The summed E-state index contributed by atoms with van der Waals surface area (Å²) in [7, 11) is 0. The Morgan fingerprint density at radius 2 is 1.46 bits per heavy atom. The predicted molar refractivity (Wildman–Crippen MR) is 116 cm³/mol. The van der Waals surface area contributed by atoms with Crippen LogP contribution in [0, 0.1) is 0 Å². The topological polar surface area (TPSA) is 29.5 Å². The van der Waals surface area contributed by atoms with Gasteiger partial charge in [0.25, 0.3) is 0 Å². The number of aliphatic hydroxyl groups is 1. The van der Waals surface area contributed by atoms with Gasteiger partial charge in [-0.05, 0) is 0 Å². The molecule has 0 radical (unpaired) electrons. The Morgan fingerprint density at radius 1 is 0.923 bits per heavy atom. The second-order valence-electron chi connectivity index (χ2n) is 7.61. The predicted octanol–water partition coefficient (Wildman–Crippen LogP) is 6.68. The van der Waals surface area contributed by atoms with Crippen molar-refractivity contribution in [2.75, 3.05) is 11.2 Å². The fourth-order valence-electron chi connectivity index (χ4n) is 3.54. The first-order chi connectivity index (χ1) is 12.7. The van der Waals surface area contributed by atoms with E-state index in [2.05, 4.69) is 20.8 Å². The van der Waals surface area contributed by atoms with Crippen LogP contribution in [-0.4, -0.2) is 34.7 Å². The molecule has 0 amide bonds. The number of rotatable bonds is 15. The molecule has 1 N–H and O–H groups in total. The summed E-state index contributed by atoms with van der Waals surface area (Å²) >= 11 is -2.17. The van der Waals surface area contributed by atoms with Crippen LogP contribution in [0.5, 0.6) is 0 Å². The molecule has 0 aromatic heterocycles. The van der Waals surface area contributed by atoms with Crippen LogP contribution in [0.15, 0.2) is 42.5 Å². The number of hydrogen-bond acceptors (Lipinski definition) is 2. The van der Waals surface area contributed by atoms with E-state index >= 15 is 0 Å². The standard InChI is InChI=1S/C11H13O2.3C4H9.Sn/c1-13-9-5-8-11(12)10-6-3-2-4-7-10;3*1-3-4-2;/h2-8,11-12H,1,9H2;3*1,3-4H2,2H3;/b8-5+;;;;. The van der Waals surface area contributed by atoms with Crippen LogP contribution in [-0.2, 0) is 4.74 Å². The third-order valence-corrected chi connectivity index (χ3v) is 19.7. The third-order valence-electron chi connectivity index (χ3n) is 5.26. The Hall–Kier alpha value is -0.321. The Bertz CT molecular complexity index is 451. The maximum absolute atomic E-state index is 10.2. The monoisotopic (exact) mass is 468 g/mol. The first-order valence-electron chi connectivity index (χ1n) is 10.6. The van der Waals surface area contributed by atoms with Gasteiger partial charge in [0.05, 0.1) is 0 Å². The van der Waals surface area contributed by atoms with Crippen molar-refractivity contribution in [3.8, 4) is 0 Å². The summed E-state index contributed by atoms with van der Waals surface area (Å²) in [6.45, 7) is 7.56. The molecule has 1 aromatic rings. The van der Waals surface area contributed by atoms with Gasteiger partial charge in [-0.3, -0.25) is 0 Å². The van der Waals surface area contributed by atoms with Crippen molar-refractivity contribution >= 4 is 18.4 Å². The molecule has 26 heavy (non-hydrogen) atoms. The van der Waals surface area contributed by atoms with Gasteiger partial charge in [0.15, 0.2) is 0 Å². The van der Waals surface area contributed by atoms with E-state index in [-0.39, 0.29) is 0 Å². The summed E-state index contributed by atoms with van der Waals surface area (Å²) < 4.78 is 11.7. The van der Waals surface area contributed by atoms with Crippen LogP contribution in [0.1, 0.15) is 71.0 Å². The Labute approximate surface area is 165 Å². The molecule has 0 aliphatic rings. The molecule has 0 fully saturated rings. The molecular weight excluding hydrogens is 427 g/mol. The second-order valence-corrected chi connectivity index (χ2v) is 21.3. The van der Waals surface area contributed by atoms with Crippen molar-refractivity contribution in [3.05, 3.63) is 48.0 Å². The molecule has 1 atom stereocenters. The average molecular weight is 467 g/mol. The van der Waals surface area contributed by atoms with Crippen molar-refractivity contribution in [1.82, 2.24) is 0 Å². The van der Waals surface area contributed by atoms with E-state index in [0.29, 0.717) is 6.61 Å². The van der Waals surface area contributed by atoms with E-state index < -0.39 is 24.5 Å². The van der Waals surface area contributed by atoms with Gasteiger partial charge < -0.3 is 0 Å². The van der Waals surface area contributed by atoms with Gasteiger partial charge in [-0.25, -0.2) is 0 Å². The van der Waals surface area contributed by atoms with Gasteiger partial charge in [-0.15, -0.1) is 0 Å².